The van der Waals surface area contributed by atoms with Gasteiger partial charge in [-0.25, -0.2) is 4.39 Å². The lowest BCUT2D eigenvalue weighted by Gasteiger charge is -2.05. The van der Waals surface area contributed by atoms with Crippen LogP contribution in [0.5, 0.6) is 0 Å². The highest BCUT2D eigenvalue weighted by atomic mass is 35.5. The maximum Gasteiger partial charge on any atom is 0.247 e. The summed E-state index contributed by atoms with van der Waals surface area (Å²) in [5.41, 5.74) is 2.24. The fraction of sp³-hybridized carbons (Fsp3) is 0.235. The summed E-state index contributed by atoms with van der Waals surface area (Å²) in [6, 6.07) is 6.08. The fourth-order valence-corrected chi connectivity index (χ4v) is 2.81. The molecule has 0 aliphatic carbocycles. The number of nitrogens with zero attached hydrogens (tertiary/aromatic N) is 4. The number of rotatable bonds is 5. The third kappa shape index (κ3) is 4.05. The molecular formula is C17H16Cl2FN5O. The van der Waals surface area contributed by atoms with Crippen molar-refractivity contribution in [1.29, 1.82) is 0 Å². The van der Waals surface area contributed by atoms with E-state index < -0.39 is 0 Å². The van der Waals surface area contributed by atoms with Crippen molar-refractivity contribution in [2.45, 2.75) is 26.9 Å². The highest BCUT2D eigenvalue weighted by Gasteiger charge is 2.15. The number of hydrogen-bond acceptors (Lipinski definition) is 3. The molecule has 0 aliphatic heterocycles. The van der Waals surface area contributed by atoms with E-state index in [0.717, 1.165) is 5.56 Å². The molecule has 0 spiro atoms. The van der Waals surface area contributed by atoms with Crippen LogP contribution >= 0.6 is 23.2 Å². The molecular weight excluding hydrogens is 380 g/mol. The van der Waals surface area contributed by atoms with Crippen molar-refractivity contribution in [1.82, 2.24) is 19.6 Å². The molecule has 0 atom stereocenters. The molecule has 3 rings (SSSR count). The van der Waals surface area contributed by atoms with Gasteiger partial charge in [0.1, 0.15) is 17.4 Å². The van der Waals surface area contributed by atoms with E-state index in [4.69, 9.17) is 23.2 Å². The molecule has 0 aliphatic rings. The zero-order valence-electron chi connectivity index (χ0n) is 14.1. The summed E-state index contributed by atoms with van der Waals surface area (Å²) in [6.07, 6.45) is 1.60. The molecule has 3 aromatic rings. The largest absolute Gasteiger partial charge is 0.306 e. The third-order valence-electron chi connectivity index (χ3n) is 3.82. The molecule has 1 N–H and O–H groups in total. The second kappa shape index (κ2) is 7.47. The van der Waals surface area contributed by atoms with Crippen molar-refractivity contribution in [2.75, 3.05) is 5.32 Å². The fourth-order valence-electron chi connectivity index (χ4n) is 2.48. The highest BCUT2D eigenvalue weighted by molar-refractivity contribution is 6.33. The standard InChI is InChI=1S/C17H16Cl2FN5O/c1-10-16(19)11(2)25(22-10)9-15(26)21-17-14(18)8-24(23-17)7-12-3-5-13(20)6-4-12/h3-6,8H,7,9H2,1-2H3,(H,21,23,26). The van der Waals surface area contributed by atoms with Gasteiger partial charge in [-0.3, -0.25) is 14.2 Å². The molecule has 26 heavy (non-hydrogen) atoms. The van der Waals surface area contributed by atoms with E-state index in [0.29, 0.717) is 28.0 Å². The number of aryl methyl sites for hydroxylation is 1. The molecule has 2 heterocycles. The van der Waals surface area contributed by atoms with Crippen molar-refractivity contribution < 1.29 is 9.18 Å². The van der Waals surface area contributed by atoms with Crippen molar-refractivity contribution in [3.8, 4) is 0 Å². The zero-order chi connectivity index (χ0) is 18.8. The summed E-state index contributed by atoms with van der Waals surface area (Å²) >= 11 is 12.2. The lowest BCUT2D eigenvalue weighted by atomic mass is 10.2. The molecule has 0 fully saturated rings. The first-order valence-corrected chi connectivity index (χ1v) is 8.56. The van der Waals surface area contributed by atoms with Gasteiger partial charge < -0.3 is 5.32 Å². The lowest BCUT2D eigenvalue weighted by Crippen LogP contribution is -2.21. The minimum atomic E-state index is -0.318. The molecule has 9 heteroatoms. The Morgan fingerprint density at radius 3 is 2.50 bits per heavy atom. The van der Waals surface area contributed by atoms with Crippen molar-refractivity contribution in [3.63, 3.8) is 0 Å². The van der Waals surface area contributed by atoms with E-state index >= 15 is 0 Å². The van der Waals surface area contributed by atoms with Gasteiger partial charge in [0.25, 0.3) is 0 Å². The van der Waals surface area contributed by atoms with E-state index in [1.165, 1.54) is 16.8 Å². The van der Waals surface area contributed by atoms with Crippen LogP contribution in [0.3, 0.4) is 0 Å². The van der Waals surface area contributed by atoms with Gasteiger partial charge in [-0.1, -0.05) is 35.3 Å². The predicted octanol–water partition coefficient (Wildman–Crippen LogP) is 3.83. The Morgan fingerprint density at radius 2 is 1.88 bits per heavy atom. The van der Waals surface area contributed by atoms with Crippen molar-refractivity contribution >= 4 is 34.9 Å². The Labute approximate surface area is 159 Å². The van der Waals surface area contributed by atoms with Gasteiger partial charge in [0.15, 0.2) is 5.82 Å². The Hall–Kier alpha value is -2.38. The number of hydrogen-bond donors (Lipinski definition) is 1. The van der Waals surface area contributed by atoms with E-state index in [1.54, 1.807) is 36.9 Å². The Kier molecular flexibility index (Phi) is 5.29. The molecule has 136 valence electrons. The van der Waals surface area contributed by atoms with Crippen LogP contribution in [0.2, 0.25) is 10.0 Å². The molecule has 2 aromatic heterocycles. The monoisotopic (exact) mass is 395 g/mol. The number of benzene rings is 1. The summed E-state index contributed by atoms with van der Waals surface area (Å²) in [4.78, 5) is 12.2. The molecule has 0 bridgehead atoms. The van der Waals surface area contributed by atoms with Gasteiger partial charge in [-0.2, -0.15) is 10.2 Å². The van der Waals surface area contributed by atoms with Crippen LogP contribution in [-0.2, 0) is 17.9 Å². The number of carbonyl (C=O) groups is 1. The molecule has 0 radical (unpaired) electrons. The number of aromatic nitrogens is 4. The second-order valence-electron chi connectivity index (χ2n) is 5.84. The third-order valence-corrected chi connectivity index (χ3v) is 4.64. The summed E-state index contributed by atoms with van der Waals surface area (Å²) in [7, 11) is 0. The second-order valence-corrected chi connectivity index (χ2v) is 6.63. The summed E-state index contributed by atoms with van der Waals surface area (Å²) in [6.45, 7) is 3.97. The van der Waals surface area contributed by atoms with Gasteiger partial charge in [-0.05, 0) is 31.5 Å². The van der Waals surface area contributed by atoms with E-state index in [9.17, 15) is 9.18 Å². The first-order valence-electron chi connectivity index (χ1n) is 7.80. The number of anilines is 1. The number of amides is 1. The molecule has 1 aromatic carbocycles. The van der Waals surface area contributed by atoms with Crippen LogP contribution < -0.4 is 5.32 Å². The first-order chi connectivity index (χ1) is 12.3. The average molecular weight is 396 g/mol. The van der Waals surface area contributed by atoms with Crippen molar-refractivity contribution in [3.05, 3.63) is 63.3 Å². The molecule has 1 amide bonds. The van der Waals surface area contributed by atoms with Crippen LogP contribution in [-0.4, -0.2) is 25.5 Å². The Bertz CT molecular complexity index is 949. The van der Waals surface area contributed by atoms with Gasteiger partial charge in [0.05, 0.1) is 23.0 Å². The van der Waals surface area contributed by atoms with Gasteiger partial charge in [-0.15, -0.1) is 0 Å². The van der Waals surface area contributed by atoms with E-state index in [2.05, 4.69) is 15.5 Å². The minimum absolute atomic E-state index is 0.000540. The van der Waals surface area contributed by atoms with Crippen LogP contribution in [0.25, 0.3) is 0 Å². The molecule has 0 unspecified atom stereocenters. The molecule has 6 nitrogen and oxygen atoms in total. The summed E-state index contributed by atoms with van der Waals surface area (Å²) < 4.78 is 16.1. The number of carbonyl (C=O) groups excluding carboxylic acids is 1. The van der Waals surface area contributed by atoms with Crippen LogP contribution in [0, 0.1) is 19.7 Å². The smallest absolute Gasteiger partial charge is 0.247 e. The molecule has 0 saturated carbocycles. The van der Waals surface area contributed by atoms with Crippen LogP contribution in [0.4, 0.5) is 10.2 Å². The quantitative estimate of drug-likeness (QED) is 0.713. The lowest BCUT2D eigenvalue weighted by molar-refractivity contribution is -0.117. The minimum Gasteiger partial charge on any atom is -0.306 e. The number of halogens is 3. The van der Waals surface area contributed by atoms with Gasteiger partial charge in [0.2, 0.25) is 5.91 Å². The zero-order valence-corrected chi connectivity index (χ0v) is 15.6. The Balaban J connectivity index is 1.68. The average Bonchev–Trinajstić information content (AvgIpc) is 3.04. The van der Waals surface area contributed by atoms with E-state index in [-0.39, 0.29) is 24.1 Å². The topological polar surface area (TPSA) is 64.7 Å². The normalized spacial score (nSPS) is 11.0. The van der Waals surface area contributed by atoms with Gasteiger partial charge in [0, 0.05) is 6.20 Å². The summed E-state index contributed by atoms with van der Waals surface area (Å²) in [5, 5.41) is 12.0. The van der Waals surface area contributed by atoms with Crippen LogP contribution in [0.15, 0.2) is 30.5 Å². The number of nitrogens with one attached hydrogen (secondary N) is 1. The van der Waals surface area contributed by atoms with Crippen LogP contribution in [0.1, 0.15) is 17.0 Å². The maximum atomic E-state index is 13.0. The summed E-state index contributed by atoms with van der Waals surface area (Å²) in [5.74, 6) is -0.364. The van der Waals surface area contributed by atoms with Gasteiger partial charge >= 0.3 is 0 Å². The van der Waals surface area contributed by atoms with E-state index in [1.807, 2.05) is 0 Å². The Morgan fingerprint density at radius 1 is 1.19 bits per heavy atom. The highest BCUT2D eigenvalue weighted by Crippen LogP contribution is 2.21. The predicted molar refractivity (Wildman–Crippen MR) is 98.1 cm³/mol. The SMILES string of the molecule is Cc1nn(CC(=O)Nc2nn(Cc3ccc(F)cc3)cc2Cl)c(C)c1Cl. The molecule has 0 saturated heterocycles. The maximum absolute atomic E-state index is 13.0. The van der Waals surface area contributed by atoms with Crippen molar-refractivity contribution in [2.24, 2.45) is 0 Å². The first kappa shape index (κ1) is 18.4.